The van der Waals surface area contributed by atoms with Gasteiger partial charge in [0.15, 0.2) is 0 Å². The van der Waals surface area contributed by atoms with Gasteiger partial charge in [-0.2, -0.15) is 0 Å². The Hall–Kier alpha value is -3.98. The van der Waals surface area contributed by atoms with Gasteiger partial charge >= 0.3 is 0 Å². The number of nitrogens with zero attached hydrogens (tertiary/aromatic N) is 3. The Labute approximate surface area is 232 Å². The number of anilines is 1. The number of hydrogen-bond acceptors (Lipinski definition) is 7. The largest absolute Gasteiger partial charge is 0.437 e. The molecule has 0 aliphatic carbocycles. The average molecular weight is 546 g/mol. The molecule has 0 radical (unpaired) electrons. The van der Waals surface area contributed by atoms with Crippen molar-refractivity contribution in [3.05, 3.63) is 72.1 Å². The fourth-order valence-corrected chi connectivity index (χ4v) is 4.95. The van der Waals surface area contributed by atoms with Crippen molar-refractivity contribution in [2.24, 2.45) is 0 Å². The Morgan fingerprint density at radius 1 is 1.10 bits per heavy atom. The number of aromatic nitrogens is 3. The van der Waals surface area contributed by atoms with Crippen LogP contribution in [0.15, 0.2) is 60.9 Å². The Morgan fingerprint density at radius 2 is 1.98 bits per heavy atom. The van der Waals surface area contributed by atoms with E-state index < -0.39 is 12.3 Å². The summed E-state index contributed by atoms with van der Waals surface area (Å²) in [7, 11) is 0. The van der Waals surface area contributed by atoms with Crippen molar-refractivity contribution in [2.45, 2.75) is 57.9 Å². The molecule has 7 nitrogen and oxygen atoms in total. The van der Waals surface area contributed by atoms with E-state index in [4.69, 9.17) is 9.72 Å². The van der Waals surface area contributed by atoms with Gasteiger partial charge in [-0.3, -0.25) is 4.79 Å². The third-order valence-electron chi connectivity index (χ3n) is 7.06. The number of hydrogen-bond donors (Lipinski definition) is 2. The summed E-state index contributed by atoms with van der Waals surface area (Å²) in [6.45, 7) is 4.68. The molecule has 40 heavy (non-hydrogen) atoms. The summed E-state index contributed by atoms with van der Waals surface area (Å²) in [5, 5.41) is 8.46. The highest BCUT2D eigenvalue weighted by Gasteiger charge is 2.23. The normalized spacial score (nSPS) is 15.7. The van der Waals surface area contributed by atoms with Crippen molar-refractivity contribution < 1.29 is 18.3 Å². The molecule has 0 bridgehead atoms. The molecular formula is C31H33F2N5O2. The van der Waals surface area contributed by atoms with Crippen molar-refractivity contribution in [1.82, 2.24) is 20.3 Å². The number of alkyl halides is 2. The molecule has 1 fully saturated rings. The van der Waals surface area contributed by atoms with E-state index in [0.717, 1.165) is 60.3 Å². The first kappa shape index (κ1) is 27.6. The standard InChI is InChI=1S/C31H33F2N5O2/c1-20-10-11-24-21(18-23(39)12-14-31(2,32)33)6-3-8-25(24)28(20)40-29-26(9-5-16-35-29)27-13-17-36-30(38-27)37-22-7-4-15-34-19-22/h3,5-6,8-11,13,16-17,22,34H,4,7,12,14-15,18-19H2,1-2H3,(H,36,37,38)/t22-/m0/s1. The summed E-state index contributed by atoms with van der Waals surface area (Å²) < 4.78 is 33.0. The fraction of sp³-hybridized carbons (Fsp3) is 0.355. The molecule has 1 aliphatic rings. The highest BCUT2D eigenvalue weighted by atomic mass is 19.3. The molecule has 0 amide bonds. The van der Waals surface area contributed by atoms with Gasteiger partial charge in [0.05, 0.1) is 11.3 Å². The van der Waals surface area contributed by atoms with Crippen LogP contribution in [0.5, 0.6) is 11.6 Å². The predicted octanol–water partition coefficient (Wildman–Crippen LogP) is 6.50. The van der Waals surface area contributed by atoms with Crippen molar-refractivity contribution in [1.29, 1.82) is 0 Å². The molecule has 9 heteroatoms. The Morgan fingerprint density at radius 3 is 2.77 bits per heavy atom. The first-order chi connectivity index (χ1) is 19.3. The average Bonchev–Trinajstić information content (AvgIpc) is 2.94. The van der Waals surface area contributed by atoms with E-state index in [2.05, 4.69) is 20.6 Å². The molecule has 1 aliphatic heterocycles. The summed E-state index contributed by atoms with van der Waals surface area (Å²) in [6.07, 6.45) is 5.01. The minimum atomic E-state index is -2.86. The molecule has 1 saturated heterocycles. The number of ketones is 1. The van der Waals surface area contributed by atoms with Gasteiger partial charge < -0.3 is 15.4 Å². The topological polar surface area (TPSA) is 89.0 Å². The number of halogens is 2. The predicted molar refractivity (Wildman–Crippen MR) is 152 cm³/mol. The minimum absolute atomic E-state index is 0.0813. The van der Waals surface area contributed by atoms with Gasteiger partial charge in [0.1, 0.15) is 11.5 Å². The van der Waals surface area contributed by atoms with Gasteiger partial charge in [0, 0.05) is 49.6 Å². The smallest absolute Gasteiger partial charge is 0.245 e. The maximum atomic E-state index is 13.3. The zero-order valence-electron chi connectivity index (χ0n) is 22.7. The molecule has 2 N–H and O–H groups in total. The van der Waals surface area contributed by atoms with Crippen LogP contribution in [-0.2, 0) is 11.2 Å². The first-order valence-corrected chi connectivity index (χ1v) is 13.6. The molecular weight excluding hydrogens is 512 g/mol. The summed E-state index contributed by atoms with van der Waals surface area (Å²) >= 11 is 0. The summed E-state index contributed by atoms with van der Waals surface area (Å²) in [4.78, 5) is 26.2. The lowest BCUT2D eigenvalue weighted by Gasteiger charge is -2.23. The summed E-state index contributed by atoms with van der Waals surface area (Å²) in [5.74, 6) is -1.51. The molecule has 5 rings (SSSR count). The number of aryl methyl sites for hydroxylation is 1. The molecule has 2 aromatic heterocycles. The van der Waals surface area contributed by atoms with Crippen LogP contribution >= 0.6 is 0 Å². The van der Waals surface area contributed by atoms with Crippen LogP contribution in [0.2, 0.25) is 0 Å². The Kier molecular flexibility index (Phi) is 8.30. The third-order valence-corrected chi connectivity index (χ3v) is 7.06. The van der Waals surface area contributed by atoms with E-state index >= 15 is 0 Å². The van der Waals surface area contributed by atoms with Crippen molar-refractivity contribution in [3.8, 4) is 22.9 Å². The lowest BCUT2D eigenvalue weighted by Crippen LogP contribution is -2.38. The lowest BCUT2D eigenvalue weighted by molar-refractivity contribution is -0.120. The van der Waals surface area contributed by atoms with Gasteiger partial charge in [-0.1, -0.05) is 30.3 Å². The van der Waals surface area contributed by atoms with E-state index in [1.54, 1.807) is 12.4 Å². The molecule has 0 spiro atoms. The second-order valence-electron chi connectivity index (χ2n) is 10.4. The maximum Gasteiger partial charge on any atom is 0.245 e. The van der Waals surface area contributed by atoms with E-state index in [0.29, 0.717) is 23.3 Å². The number of nitrogens with one attached hydrogen (secondary N) is 2. The quantitative estimate of drug-likeness (QED) is 0.235. The summed E-state index contributed by atoms with van der Waals surface area (Å²) in [5.41, 5.74) is 3.07. The van der Waals surface area contributed by atoms with Crippen molar-refractivity contribution >= 4 is 22.5 Å². The molecule has 0 saturated carbocycles. The molecule has 3 heterocycles. The second-order valence-corrected chi connectivity index (χ2v) is 10.4. The van der Waals surface area contributed by atoms with Gasteiger partial charge in [-0.25, -0.2) is 23.7 Å². The molecule has 0 unspecified atom stereocenters. The number of rotatable bonds is 10. The van der Waals surface area contributed by atoms with E-state index in [9.17, 15) is 13.6 Å². The molecule has 2 aromatic carbocycles. The zero-order chi connectivity index (χ0) is 28.1. The van der Waals surface area contributed by atoms with Gasteiger partial charge in [-0.05, 0) is 67.9 Å². The van der Waals surface area contributed by atoms with Gasteiger partial charge in [-0.15, -0.1) is 0 Å². The van der Waals surface area contributed by atoms with Crippen LogP contribution in [0.25, 0.3) is 22.0 Å². The molecule has 1 atom stereocenters. The van der Waals surface area contributed by atoms with Gasteiger partial charge in [0.2, 0.25) is 17.8 Å². The monoisotopic (exact) mass is 545 g/mol. The maximum absolute atomic E-state index is 13.3. The number of carbonyl (C=O) groups excluding carboxylic acids is 1. The lowest BCUT2D eigenvalue weighted by atomic mass is 9.96. The number of ether oxygens (including phenoxy) is 1. The molecule has 208 valence electrons. The van der Waals surface area contributed by atoms with E-state index in [1.807, 2.05) is 55.5 Å². The number of fused-ring (bicyclic) bond motifs is 1. The van der Waals surface area contributed by atoms with Crippen LogP contribution in [0, 0.1) is 6.92 Å². The van der Waals surface area contributed by atoms with Crippen molar-refractivity contribution in [2.75, 3.05) is 18.4 Å². The van der Waals surface area contributed by atoms with Gasteiger partial charge in [0.25, 0.3) is 0 Å². The fourth-order valence-electron chi connectivity index (χ4n) is 4.95. The highest BCUT2D eigenvalue weighted by Crippen LogP contribution is 2.37. The number of benzene rings is 2. The first-order valence-electron chi connectivity index (χ1n) is 13.6. The number of pyridine rings is 1. The number of carbonyl (C=O) groups is 1. The molecule has 4 aromatic rings. The SMILES string of the molecule is Cc1ccc2c(CC(=O)CCC(C)(F)F)cccc2c1Oc1ncccc1-c1ccnc(N[C@H]2CCCNC2)n1. The van der Waals surface area contributed by atoms with Crippen LogP contribution in [0.3, 0.4) is 0 Å². The highest BCUT2D eigenvalue weighted by molar-refractivity contribution is 5.95. The number of Topliss-reactive ketones (excluding diaryl/α,β-unsaturated/α-hetero) is 1. The second kappa shape index (κ2) is 12.0. The Bertz CT molecular complexity index is 1500. The van der Waals surface area contributed by atoms with E-state index in [1.165, 1.54) is 0 Å². The third kappa shape index (κ3) is 6.77. The Balaban J connectivity index is 1.43. The van der Waals surface area contributed by atoms with Crippen molar-refractivity contribution in [3.63, 3.8) is 0 Å². The summed E-state index contributed by atoms with van der Waals surface area (Å²) in [6, 6.07) is 15.3. The minimum Gasteiger partial charge on any atom is -0.437 e. The van der Waals surface area contributed by atoms with Crippen LogP contribution in [0.1, 0.15) is 43.7 Å². The zero-order valence-corrected chi connectivity index (χ0v) is 22.7. The van der Waals surface area contributed by atoms with Crippen LogP contribution < -0.4 is 15.4 Å². The van der Waals surface area contributed by atoms with Crippen LogP contribution in [0.4, 0.5) is 14.7 Å². The van der Waals surface area contributed by atoms with E-state index in [-0.39, 0.29) is 24.7 Å². The van der Waals surface area contributed by atoms with Crippen LogP contribution in [-0.4, -0.2) is 45.8 Å². The number of piperidine rings is 1.